The molecule has 1 atom stereocenters. The van der Waals surface area contributed by atoms with E-state index < -0.39 is 16.8 Å². The number of fused-ring (bicyclic) bond motifs is 2. The Hall–Kier alpha value is -4.88. The standard InChI is InChI=1S/C30H25FN4O7S/c1-17-14-21-23(34(17)30(37)41-20-7-5-18(6-8-20)35(38)39)9-10-24(27(21)31)42-25-11-12-32-22-15-26(43-28(22)25)29(36)33-13-3-4-19(33)16-40-2/h5-12,14-15,19H,3-4,13,16H2,1-2H3. The molecular formula is C30H25FN4O7S. The number of thiophene rings is 1. The smallest absolute Gasteiger partial charge is 0.424 e. The summed E-state index contributed by atoms with van der Waals surface area (Å²) in [6, 6.07) is 12.9. The number of likely N-dealkylation sites (tertiary alicyclic amines) is 1. The molecule has 1 aliphatic heterocycles. The van der Waals surface area contributed by atoms with Gasteiger partial charge in [-0.2, -0.15) is 0 Å². The number of amides is 1. The summed E-state index contributed by atoms with van der Waals surface area (Å²) in [6.45, 7) is 2.76. The summed E-state index contributed by atoms with van der Waals surface area (Å²) in [5.74, 6) is -0.400. The number of ether oxygens (including phenoxy) is 3. The summed E-state index contributed by atoms with van der Waals surface area (Å²) in [5, 5.41) is 11.0. The molecule has 0 spiro atoms. The van der Waals surface area contributed by atoms with E-state index in [4.69, 9.17) is 14.2 Å². The number of aromatic nitrogens is 2. The topological polar surface area (TPSA) is 126 Å². The number of non-ortho nitro benzene ring substituents is 1. The van der Waals surface area contributed by atoms with Crippen LogP contribution in [0.3, 0.4) is 0 Å². The molecule has 3 aromatic heterocycles. The Morgan fingerprint density at radius 1 is 1.14 bits per heavy atom. The van der Waals surface area contributed by atoms with Crippen LogP contribution in [0.5, 0.6) is 17.2 Å². The molecule has 43 heavy (non-hydrogen) atoms. The molecule has 13 heteroatoms. The highest BCUT2D eigenvalue weighted by Crippen LogP contribution is 2.38. The zero-order chi connectivity index (χ0) is 30.2. The van der Waals surface area contributed by atoms with Crippen LogP contribution in [-0.2, 0) is 4.74 Å². The molecule has 1 fully saturated rings. The molecule has 0 N–H and O–H groups in total. The van der Waals surface area contributed by atoms with Gasteiger partial charge in [-0.1, -0.05) is 0 Å². The molecule has 0 bridgehead atoms. The van der Waals surface area contributed by atoms with Crippen LogP contribution in [0.1, 0.15) is 28.2 Å². The van der Waals surface area contributed by atoms with E-state index in [1.54, 1.807) is 32.2 Å². The fourth-order valence-corrected chi connectivity index (χ4v) is 6.31. The minimum Gasteiger partial charge on any atom is -0.453 e. The van der Waals surface area contributed by atoms with Gasteiger partial charge < -0.3 is 19.1 Å². The highest BCUT2D eigenvalue weighted by atomic mass is 32.1. The number of halogens is 1. The first-order valence-corrected chi connectivity index (χ1v) is 14.2. The summed E-state index contributed by atoms with van der Waals surface area (Å²) < 4.78 is 34.3. The lowest BCUT2D eigenvalue weighted by Crippen LogP contribution is -2.37. The number of hydrogen-bond acceptors (Lipinski definition) is 9. The summed E-state index contributed by atoms with van der Waals surface area (Å²) in [6.07, 6.45) is 2.53. The first-order chi connectivity index (χ1) is 20.7. The molecule has 1 amide bonds. The van der Waals surface area contributed by atoms with Gasteiger partial charge in [-0.15, -0.1) is 11.3 Å². The quantitative estimate of drug-likeness (QED) is 0.148. The van der Waals surface area contributed by atoms with Crippen molar-refractivity contribution in [2.45, 2.75) is 25.8 Å². The van der Waals surface area contributed by atoms with Crippen LogP contribution in [-0.4, -0.2) is 57.7 Å². The Bertz CT molecular complexity index is 1890. The Balaban J connectivity index is 1.26. The number of hydrogen-bond donors (Lipinski definition) is 0. The zero-order valence-electron chi connectivity index (χ0n) is 23.1. The van der Waals surface area contributed by atoms with Crippen LogP contribution in [0.15, 0.2) is 60.8 Å². The number of carbonyl (C=O) groups is 2. The maximum absolute atomic E-state index is 15.8. The van der Waals surface area contributed by atoms with E-state index in [0.29, 0.717) is 39.7 Å². The average Bonchev–Trinajstić information content (AvgIpc) is 3.72. The van der Waals surface area contributed by atoms with Crippen LogP contribution in [0.2, 0.25) is 0 Å². The van der Waals surface area contributed by atoms with Gasteiger partial charge in [-0.3, -0.25) is 19.9 Å². The number of carbonyl (C=O) groups excluding carboxylic acids is 2. The molecule has 1 aliphatic rings. The Morgan fingerprint density at radius 3 is 2.67 bits per heavy atom. The number of nitrogens with zero attached hydrogens (tertiary/aromatic N) is 4. The van der Waals surface area contributed by atoms with Crippen molar-refractivity contribution in [2.24, 2.45) is 0 Å². The molecule has 0 radical (unpaired) electrons. The lowest BCUT2D eigenvalue weighted by atomic mass is 10.2. The van der Waals surface area contributed by atoms with Gasteiger partial charge in [0.05, 0.1) is 38.2 Å². The molecular weight excluding hydrogens is 579 g/mol. The number of nitro groups is 1. The van der Waals surface area contributed by atoms with Crippen LogP contribution < -0.4 is 9.47 Å². The second kappa shape index (κ2) is 11.4. The third-order valence-electron chi connectivity index (χ3n) is 7.31. The minimum absolute atomic E-state index is 0.0226. The van der Waals surface area contributed by atoms with Crippen molar-refractivity contribution >= 4 is 50.1 Å². The highest BCUT2D eigenvalue weighted by Gasteiger charge is 2.31. The van der Waals surface area contributed by atoms with Gasteiger partial charge in [0.15, 0.2) is 11.6 Å². The predicted octanol–water partition coefficient (Wildman–Crippen LogP) is 6.70. The van der Waals surface area contributed by atoms with Crippen molar-refractivity contribution < 1.29 is 33.1 Å². The fraction of sp³-hybridized carbons (Fsp3) is 0.233. The molecule has 0 aliphatic carbocycles. The highest BCUT2D eigenvalue weighted by molar-refractivity contribution is 7.21. The van der Waals surface area contributed by atoms with Crippen LogP contribution in [0.4, 0.5) is 14.9 Å². The van der Waals surface area contributed by atoms with Gasteiger partial charge in [0, 0.05) is 49.1 Å². The van der Waals surface area contributed by atoms with Gasteiger partial charge in [0.1, 0.15) is 11.5 Å². The van der Waals surface area contributed by atoms with Crippen molar-refractivity contribution in [2.75, 3.05) is 20.3 Å². The third-order valence-corrected chi connectivity index (χ3v) is 8.43. The van der Waals surface area contributed by atoms with E-state index in [9.17, 15) is 19.7 Å². The van der Waals surface area contributed by atoms with E-state index in [2.05, 4.69) is 4.98 Å². The number of rotatable bonds is 7. The van der Waals surface area contributed by atoms with E-state index in [1.807, 2.05) is 4.90 Å². The largest absolute Gasteiger partial charge is 0.453 e. The monoisotopic (exact) mass is 604 g/mol. The third kappa shape index (κ3) is 5.28. The predicted molar refractivity (Wildman–Crippen MR) is 157 cm³/mol. The van der Waals surface area contributed by atoms with E-state index in [0.717, 1.165) is 12.8 Å². The first-order valence-electron chi connectivity index (χ1n) is 13.4. The van der Waals surface area contributed by atoms with Crippen molar-refractivity contribution in [1.82, 2.24) is 14.5 Å². The van der Waals surface area contributed by atoms with E-state index >= 15 is 4.39 Å². The molecule has 11 nitrogen and oxygen atoms in total. The summed E-state index contributed by atoms with van der Waals surface area (Å²) >= 11 is 1.24. The van der Waals surface area contributed by atoms with Crippen LogP contribution >= 0.6 is 11.3 Å². The minimum atomic E-state index is -0.799. The number of benzene rings is 2. The van der Waals surface area contributed by atoms with Crippen molar-refractivity contribution in [3.63, 3.8) is 0 Å². The second-order valence-corrected chi connectivity index (χ2v) is 11.1. The normalized spacial score (nSPS) is 14.9. The zero-order valence-corrected chi connectivity index (χ0v) is 23.9. The lowest BCUT2D eigenvalue weighted by molar-refractivity contribution is -0.384. The average molecular weight is 605 g/mol. The molecule has 0 saturated carbocycles. The van der Waals surface area contributed by atoms with E-state index in [1.165, 1.54) is 58.5 Å². The van der Waals surface area contributed by atoms with Gasteiger partial charge in [0.2, 0.25) is 0 Å². The van der Waals surface area contributed by atoms with Crippen molar-refractivity contribution in [3.8, 4) is 17.2 Å². The number of pyridine rings is 1. The molecule has 220 valence electrons. The molecule has 4 heterocycles. The van der Waals surface area contributed by atoms with Crippen molar-refractivity contribution in [3.05, 3.63) is 87.3 Å². The summed E-state index contributed by atoms with van der Waals surface area (Å²) in [7, 11) is 1.62. The molecule has 5 aromatic rings. The Morgan fingerprint density at radius 2 is 1.93 bits per heavy atom. The van der Waals surface area contributed by atoms with Gasteiger partial charge in [-0.25, -0.2) is 13.8 Å². The maximum atomic E-state index is 15.8. The fourth-order valence-electron chi connectivity index (χ4n) is 5.29. The summed E-state index contributed by atoms with van der Waals surface area (Å²) in [5.41, 5.74) is 1.09. The van der Waals surface area contributed by atoms with E-state index in [-0.39, 0.29) is 40.0 Å². The number of methoxy groups -OCH3 is 1. The first kappa shape index (κ1) is 28.2. The lowest BCUT2D eigenvalue weighted by Gasteiger charge is -2.23. The van der Waals surface area contributed by atoms with Gasteiger partial charge in [-0.05, 0) is 56.2 Å². The molecule has 1 saturated heterocycles. The van der Waals surface area contributed by atoms with Gasteiger partial charge >= 0.3 is 6.09 Å². The Labute approximate surface area is 248 Å². The van der Waals surface area contributed by atoms with Crippen LogP contribution in [0.25, 0.3) is 21.1 Å². The van der Waals surface area contributed by atoms with Crippen molar-refractivity contribution in [1.29, 1.82) is 0 Å². The molecule has 2 aromatic carbocycles. The molecule has 6 rings (SSSR count). The Kier molecular flexibility index (Phi) is 7.50. The number of aryl methyl sites for hydroxylation is 1. The second-order valence-electron chi connectivity index (χ2n) is 10.0. The number of nitro benzene ring substituents is 1. The molecule has 1 unspecified atom stereocenters. The SMILES string of the molecule is COCC1CCCN1C(=O)c1cc2nccc(Oc3ccc4c(cc(C)n4C(=O)Oc4ccc([N+](=O)[O-])cc4)c3F)c2s1. The summed E-state index contributed by atoms with van der Waals surface area (Å²) in [4.78, 5) is 43.3. The van der Waals surface area contributed by atoms with Crippen LogP contribution in [0, 0.1) is 22.9 Å². The maximum Gasteiger partial charge on any atom is 0.424 e. The van der Waals surface area contributed by atoms with Gasteiger partial charge in [0.25, 0.3) is 11.6 Å².